The molecule has 150 valence electrons. The topological polar surface area (TPSA) is 27.7 Å². The molecule has 1 aromatic rings. The fourth-order valence-electron chi connectivity index (χ4n) is 2.82. The molecular formula is C18H28F4O3Si. The molecule has 0 fully saturated rings. The van der Waals surface area contributed by atoms with Gasteiger partial charge in [0.25, 0.3) is 0 Å². The van der Waals surface area contributed by atoms with Crippen LogP contribution in [0.2, 0.25) is 6.04 Å². The highest BCUT2D eigenvalue weighted by Crippen LogP contribution is 2.22. The SMILES string of the molecule is CCO[Si](CCCCCCc1cc(F)c(F)c(F)c1F)(OCC)OCC. The standard InChI is InChI=1S/C18H28F4O3Si/c1-4-23-26(24-5-2,25-6-3)12-10-8-7-9-11-14-13-15(19)17(21)18(22)16(14)20/h13H,4-12H2,1-3H3. The summed E-state index contributed by atoms with van der Waals surface area (Å²) in [6.07, 6.45) is 3.10. The Labute approximate surface area is 154 Å². The van der Waals surface area contributed by atoms with Crippen molar-refractivity contribution < 1.29 is 30.8 Å². The Morgan fingerprint density at radius 2 is 1.27 bits per heavy atom. The fourth-order valence-corrected chi connectivity index (χ4v) is 5.50. The van der Waals surface area contributed by atoms with Gasteiger partial charge in [-0.2, -0.15) is 0 Å². The molecular weight excluding hydrogens is 368 g/mol. The molecule has 0 saturated carbocycles. The van der Waals surface area contributed by atoms with E-state index in [1.54, 1.807) is 0 Å². The zero-order valence-corrected chi connectivity index (χ0v) is 16.7. The second-order valence-corrected chi connectivity index (χ2v) is 8.59. The third-order valence-corrected chi connectivity index (χ3v) is 7.10. The molecule has 0 bridgehead atoms. The second kappa shape index (κ2) is 11.7. The zero-order chi connectivity index (χ0) is 19.6. The smallest absolute Gasteiger partial charge is 0.374 e. The monoisotopic (exact) mass is 396 g/mol. The summed E-state index contributed by atoms with van der Waals surface area (Å²) >= 11 is 0. The normalized spacial score (nSPS) is 12.0. The maximum atomic E-state index is 13.6. The molecule has 0 aliphatic carbocycles. The number of benzene rings is 1. The highest BCUT2D eigenvalue weighted by molar-refractivity contribution is 6.60. The summed E-state index contributed by atoms with van der Waals surface area (Å²) in [6, 6.07) is 1.42. The van der Waals surface area contributed by atoms with Gasteiger partial charge in [-0.05, 0) is 51.7 Å². The van der Waals surface area contributed by atoms with Gasteiger partial charge in [-0.25, -0.2) is 17.6 Å². The van der Waals surface area contributed by atoms with Gasteiger partial charge in [-0.3, -0.25) is 0 Å². The van der Waals surface area contributed by atoms with Crippen LogP contribution >= 0.6 is 0 Å². The van der Waals surface area contributed by atoms with Crippen LogP contribution < -0.4 is 0 Å². The lowest BCUT2D eigenvalue weighted by molar-refractivity contribution is 0.0706. The molecule has 8 heteroatoms. The van der Waals surface area contributed by atoms with Gasteiger partial charge in [0.2, 0.25) is 0 Å². The molecule has 0 spiro atoms. The third-order valence-electron chi connectivity index (χ3n) is 3.95. The quantitative estimate of drug-likeness (QED) is 0.147. The van der Waals surface area contributed by atoms with Crippen LogP contribution in [0.5, 0.6) is 0 Å². The van der Waals surface area contributed by atoms with E-state index in [1.165, 1.54) is 0 Å². The predicted octanol–water partition coefficient (Wildman–Crippen LogP) is 5.39. The molecule has 0 radical (unpaired) electrons. The Morgan fingerprint density at radius 3 is 1.81 bits per heavy atom. The molecule has 3 nitrogen and oxygen atoms in total. The van der Waals surface area contributed by atoms with Gasteiger partial charge in [0.1, 0.15) is 0 Å². The van der Waals surface area contributed by atoms with Crippen molar-refractivity contribution in [3.8, 4) is 0 Å². The summed E-state index contributed by atoms with van der Waals surface area (Å²) in [5, 5.41) is 0. The van der Waals surface area contributed by atoms with Gasteiger partial charge in [-0.15, -0.1) is 0 Å². The summed E-state index contributed by atoms with van der Waals surface area (Å²) in [4.78, 5) is 0. The largest absolute Gasteiger partial charge is 0.500 e. The maximum Gasteiger partial charge on any atom is 0.500 e. The molecule has 0 aromatic heterocycles. The van der Waals surface area contributed by atoms with Gasteiger partial charge < -0.3 is 13.3 Å². The van der Waals surface area contributed by atoms with E-state index in [0.29, 0.717) is 32.3 Å². The lowest BCUT2D eigenvalue weighted by atomic mass is 10.1. The summed E-state index contributed by atoms with van der Waals surface area (Å²) in [5.74, 6) is -6.18. The predicted molar refractivity (Wildman–Crippen MR) is 93.9 cm³/mol. The zero-order valence-electron chi connectivity index (χ0n) is 15.7. The summed E-state index contributed by atoms with van der Waals surface area (Å²) < 4.78 is 70.2. The molecule has 0 unspecified atom stereocenters. The molecule has 0 saturated heterocycles. The average molecular weight is 396 g/mol. The number of hydrogen-bond donors (Lipinski definition) is 0. The van der Waals surface area contributed by atoms with Crippen LogP contribution in [0.3, 0.4) is 0 Å². The van der Waals surface area contributed by atoms with E-state index in [-0.39, 0.29) is 12.0 Å². The first kappa shape index (κ1) is 23.1. The fraction of sp³-hybridized carbons (Fsp3) is 0.667. The first-order valence-corrected chi connectivity index (χ1v) is 11.1. The Bertz CT molecular complexity index is 541. The lowest BCUT2D eigenvalue weighted by Gasteiger charge is -2.28. The molecule has 26 heavy (non-hydrogen) atoms. The molecule has 1 aromatic carbocycles. The van der Waals surface area contributed by atoms with Gasteiger partial charge in [0.05, 0.1) is 0 Å². The van der Waals surface area contributed by atoms with Gasteiger partial charge in [-0.1, -0.05) is 12.8 Å². The van der Waals surface area contributed by atoms with Crippen LogP contribution in [-0.4, -0.2) is 28.6 Å². The van der Waals surface area contributed by atoms with E-state index in [4.69, 9.17) is 13.3 Å². The number of rotatable bonds is 13. The van der Waals surface area contributed by atoms with E-state index >= 15 is 0 Å². The molecule has 0 aliphatic heterocycles. The minimum atomic E-state index is -2.65. The van der Waals surface area contributed by atoms with Crippen LogP contribution in [0.15, 0.2) is 6.07 Å². The van der Waals surface area contributed by atoms with E-state index in [9.17, 15) is 17.6 Å². The van der Waals surface area contributed by atoms with Gasteiger partial charge in [0, 0.05) is 25.9 Å². The first-order chi connectivity index (χ1) is 12.4. The number of unbranched alkanes of at least 4 members (excludes halogenated alkanes) is 3. The second-order valence-electron chi connectivity index (χ2n) is 5.86. The van der Waals surface area contributed by atoms with Crippen molar-refractivity contribution >= 4 is 8.80 Å². The van der Waals surface area contributed by atoms with E-state index in [0.717, 1.165) is 25.3 Å². The highest BCUT2D eigenvalue weighted by Gasteiger charge is 2.39. The first-order valence-electron chi connectivity index (χ1n) is 9.14. The van der Waals surface area contributed by atoms with Crippen molar-refractivity contribution in [2.45, 2.75) is 58.9 Å². The van der Waals surface area contributed by atoms with Crippen LogP contribution in [0, 0.1) is 23.3 Å². The van der Waals surface area contributed by atoms with Gasteiger partial charge in [0.15, 0.2) is 23.3 Å². The highest BCUT2D eigenvalue weighted by atomic mass is 28.4. The molecule has 0 N–H and O–H groups in total. The number of aryl methyl sites for hydroxylation is 1. The van der Waals surface area contributed by atoms with Crippen molar-refractivity contribution in [2.75, 3.05) is 19.8 Å². The van der Waals surface area contributed by atoms with Crippen molar-refractivity contribution in [1.29, 1.82) is 0 Å². The van der Waals surface area contributed by atoms with E-state index < -0.39 is 32.1 Å². The van der Waals surface area contributed by atoms with E-state index in [1.807, 2.05) is 20.8 Å². The molecule has 0 aliphatic rings. The molecule has 0 amide bonds. The Kier molecular flexibility index (Phi) is 10.4. The minimum absolute atomic E-state index is 0.136. The molecule has 1 rings (SSSR count). The third kappa shape index (κ3) is 6.64. The van der Waals surface area contributed by atoms with Crippen LogP contribution in [0.1, 0.15) is 52.0 Å². The van der Waals surface area contributed by atoms with Crippen LogP contribution in [-0.2, 0) is 19.7 Å². The van der Waals surface area contributed by atoms with Crippen molar-refractivity contribution in [3.05, 3.63) is 34.9 Å². The Hall–Kier alpha value is -0.963. The van der Waals surface area contributed by atoms with Crippen molar-refractivity contribution in [1.82, 2.24) is 0 Å². The van der Waals surface area contributed by atoms with Crippen molar-refractivity contribution in [3.63, 3.8) is 0 Å². The Balaban J connectivity index is 2.44. The molecule has 0 atom stereocenters. The van der Waals surface area contributed by atoms with Gasteiger partial charge >= 0.3 is 8.80 Å². The lowest BCUT2D eigenvalue weighted by Crippen LogP contribution is -2.45. The summed E-state index contributed by atoms with van der Waals surface area (Å²) in [6.45, 7) is 7.26. The number of halogens is 4. The maximum absolute atomic E-state index is 13.6. The summed E-state index contributed by atoms with van der Waals surface area (Å²) in [7, 11) is -2.65. The Morgan fingerprint density at radius 1 is 0.731 bits per heavy atom. The molecule has 0 heterocycles. The summed E-state index contributed by atoms with van der Waals surface area (Å²) in [5.41, 5.74) is -0.136. The minimum Gasteiger partial charge on any atom is -0.374 e. The van der Waals surface area contributed by atoms with Crippen LogP contribution in [0.25, 0.3) is 0 Å². The van der Waals surface area contributed by atoms with Crippen LogP contribution in [0.4, 0.5) is 17.6 Å². The number of hydrogen-bond acceptors (Lipinski definition) is 3. The van der Waals surface area contributed by atoms with Crippen molar-refractivity contribution in [2.24, 2.45) is 0 Å². The average Bonchev–Trinajstić information content (AvgIpc) is 2.61. The van der Waals surface area contributed by atoms with E-state index in [2.05, 4.69) is 0 Å².